The standard InChI is InChI=1S/C28H36N2O4/c1-2-3-4-5-20-6-11-22(12-7-20)28(32)34-25-14-8-21(9-15-25)10-17-27(31)33-19-23-18-24(29)13-16-26(23)30/h8-10,13-18,20,22H,2-7,11-12,19,29-30H2,1H3. The van der Waals surface area contributed by atoms with E-state index in [9.17, 15) is 9.59 Å². The van der Waals surface area contributed by atoms with Crippen LogP contribution in [0.2, 0.25) is 0 Å². The van der Waals surface area contributed by atoms with Crippen LogP contribution in [0.3, 0.4) is 0 Å². The first-order chi connectivity index (χ1) is 16.4. The number of nitrogens with two attached hydrogens (primary N) is 2. The Balaban J connectivity index is 1.42. The van der Waals surface area contributed by atoms with Gasteiger partial charge < -0.3 is 20.9 Å². The molecule has 2 aromatic carbocycles. The van der Waals surface area contributed by atoms with Crippen molar-refractivity contribution in [3.63, 3.8) is 0 Å². The van der Waals surface area contributed by atoms with Gasteiger partial charge in [0.25, 0.3) is 0 Å². The zero-order valence-electron chi connectivity index (χ0n) is 20.0. The third-order valence-electron chi connectivity index (χ3n) is 6.44. The first kappa shape index (κ1) is 25.3. The van der Waals surface area contributed by atoms with Gasteiger partial charge in [-0.25, -0.2) is 4.79 Å². The fraction of sp³-hybridized carbons (Fsp3) is 0.429. The zero-order chi connectivity index (χ0) is 24.3. The average Bonchev–Trinajstić information content (AvgIpc) is 2.84. The molecule has 34 heavy (non-hydrogen) atoms. The summed E-state index contributed by atoms with van der Waals surface area (Å²) in [4.78, 5) is 24.6. The number of carbonyl (C=O) groups excluding carboxylic acids is 2. The second kappa shape index (κ2) is 12.8. The highest BCUT2D eigenvalue weighted by Crippen LogP contribution is 2.33. The summed E-state index contributed by atoms with van der Waals surface area (Å²) in [6, 6.07) is 12.1. The van der Waals surface area contributed by atoms with Crippen molar-refractivity contribution >= 4 is 29.4 Å². The Hall–Kier alpha value is -3.28. The summed E-state index contributed by atoms with van der Waals surface area (Å²) in [5, 5.41) is 0. The molecule has 0 radical (unpaired) electrons. The normalized spacial score (nSPS) is 18.0. The Bertz CT molecular complexity index is 976. The summed E-state index contributed by atoms with van der Waals surface area (Å²) in [7, 11) is 0. The smallest absolute Gasteiger partial charge is 0.331 e. The Morgan fingerprint density at radius 2 is 1.74 bits per heavy atom. The molecule has 6 nitrogen and oxygen atoms in total. The van der Waals surface area contributed by atoms with Crippen LogP contribution in [0.5, 0.6) is 5.75 Å². The number of benzene rings is 2. The number of hydrogen-bond donors (Lipinski definition) is 2. The van der Waals surface area contributed by atoms with Gasteiger partial charge in [-0.1, -0.05) is 44.7 Å². The van der Waals surface area contributed by atoms with Gasteiger partial charge >= 0.3 is 11.9 Å². The first-order valence-corrected chi connectivity index (χ1v) is 12.2. The van der Waals surface area contributed by atoms with Crippen molar-refractivity contribution in [2.75, 3.05) is 11.5 Å². The predicted octanol–water partition coefficient (Wildman–Crippen LogP) is 5.90. The van der Waals surface area contributed by atoms with Crippen LogP contribution in [0, 0.1) is 11.8 Å². The lowest BCUT2D eigenvalue weighted by atomic mass is 9.80. The molecule has 0 heterocycles. The van der Waals surface area contributed by atoms with Crippen LogP contribution in [-0.2, 0) is 20.9 Å². The molecule has 0 aromatic heterocycles. The van der Waals surface area contributed by atoms with E-state index in [0.717, 1.165) is 37.2 Å². The second-order valence-corrected chi connectivity index (χ2v) is 9.10. The lowest BCUT2D eigenvalue weighted by Gasteiger charge is -2.27. The van der Waals surface area contributed by atoms with E-state index in [0.29, 0.717) is 22.7 Å². The maximum Gasteiger partial charge on any atom is 0.331 e. The van der Waals surface area contributed by atoms with E-state index in [1.807, 2.05) is 0 Å². The number of rotatable bonds is 10. The minimum absolute atomic E-state index is 0.00855. The fourth-order valence-electron chi connectivity index (χ4n) is 4.33. The molecule has 4 N–H and O–H groups in total. The third-order valence-corrected chi connectivity index (χ3v) is 6.44. The molecule has 0 bridgehead atoms. The summed E-state index contributed by atoms with van der Waals surface area (Å²) in [6.07, 6.45) is 12.2. The van der Waals surface area contributed by atoms with E-state index in [1.54, 1.807) is 48.5 Å². The Morgan fingerprint density at radius 1 is 1.00 bits per heavy atom. The van der Waals surface area contributed by atoms with Gasteiger partial charge in [0.2, 0.25) is 0 Å². The third kappa shape index (κ3) is 7.94. The molecule has 1 fully saturated rings. The number of esters is 2. The molecule has 0 spiro atoms. The number of ether oxygens (including phenoxy) is 2. The van der Waals surface area contributed by atoms with Crippen molar-refractivity contribution in [1.29, 1.82) is 0 Å². The van der Waals surface area contributed by atoms with Gasteiger partial charge in [0.1, 0.15) is 12.4 Å². The molecule has 6 heteroatoms. The Labute approximate surface area is 202 Å². The summed E-state index contributed by atoms with van der Waals surface area (Å²) in [5.41, 5.74) is 14.2. The molecule has 0 saturated heterocycles. The Morgan fingerprint density at radius 3 is 2.44 bits per heavy atom. The predicted molar refractivity (Wildman–Crippen MR) is 136 cm³/mol. The molecular weight excluding hydrogens is 428 g/mol. The SMILES string of the molecule is CCCCCC1CCC(C(=O)Oc2ccc(C=CC(=O)OCc3cc(N)ccc3N)cc2)CC1. The Kier molecular flexibility index (Phi) is 9.56. The highest BCUT2D eigenvalue weighted by Gasteiger charge is 2.27. The van der Waals surface area contributed by atoms with Gasteiger partial charge in [0.05, 0.1) is 5.92 Å². The van der Waals surface area contributed by atoms with Crippen LogP contribution in [0.1, 0.15) is 69.4 Å². The zero-order valence-corrected chi connectivity index (χ0v) is 20.0. The van der Waals surface area contributed by atoms with Crippen LogP contribution in [0.4, 0.5) is 11.4 Å². The van der Waals surface area contributed by atoms with E-state index < -0.39 is 5.97 Å². The lowest BCUT2D eigenvalue weighted by molar-refractivity contribution is -0.140. The molecule has 3 rings (SSSR count). The molecule has 0 aliphatic heterocycles. The lowest BCUT2D eigenvalue weighted by Crippen LogP contribution is -2.25. The summed E-state index contributed by atoms with van der Waals surface area (Å²) < 4.78 is 10.8. The van der Waals surface area contributed by atoms with Gasteiger partial charge in [-0.15, -0.1) is 0 Å². The molecule has 182 valence electrons. The van der Waals surface area contributed by atoms with Crippen molar-refractivity contribution < 1.29 is 19.1 Å². The van der Waals surface area contributed by atoms with Crippen LogP contribution in [0.15, 0.2) is 48.5 Å². The van der Waals surface area contributed by atoms with Gasteiger partial charge in [-0.2, -0.15) is 0 Å². The average molecular weight is 465 g/mol. The highest BCUT2D eigenvalue weighted by molar-refractivity contribution is 5.87. The van der Waals surface area contributed by atoms with Crippen LogP contribution >= 0.6 is 0 Å². The second-order valence-electron chi connectivity index (χ2n) is 9.10. The molecule has 2 aromatic rings. The van der Waals surface area contributed by atoms with E-state index >= 15 is 0 Å². The number of nitrogen functional groups attached to an aromatic ring is 2. The van der Waals surface area contributed by atoms with Crippen molar-refractivity contribution in [3.05, 3.63) is 59.7 Å². The van der Waals surface area contributed by atoms with E-state index in [-0.39, 0.29) is 18.5 Å². The van der Waals surface area contributed by atoms with Crippen molar-refractivity contribution in [2.24, 2.45) is 11.8 Å². The van der Waals surface area contributed by atoms with Crippen molar-refractivity contribution in [3.8, 4) is 5.75 Å². The first-order valence-electron chi connectivity index (χ1n) is 12.2. The molecule has 0 atom stereocenters. The van der Waals surface area contributed by atoms with Crippen LogP contribution in [0.25, 0.3) is 6.08 Å². The van der Waals surface area contributed by atoms with Gasteiger partial charge in [-0.05, 0) is 73.6 Å². The van der Waals surface area contributed by atoms with Gasteiger partial charge in [-0.3, -0.25) is 4.79 Å². The largest absolute Gasteiger partial charge is 0.458 e. The summed E-state index contributed by atoms with van der Waals surface area (Å²) >= 11 is 0. The number of hydrogen-bond acceptors (Lipinski definition) is 6. The molecule has 0 unspecified atom stereocenters. The maximum atomic E-state index is 12.6. The number of anilines is 2. The topological polar surface area (TPSA) is 105 Å². The van der Waals surface area contributed by atoms with Gasteiger partial charge in [0.15, 0.2) is 0 Å². The van der Waals surface area contributed by atoms with E-state index in [2.05, 4.69) is 6.92 Å². The number of carbonyl (C=O) groups is 2. The monoisotopic (exact) mass is 464 g/mol. The van der Waals surface area contributed by atoms with E-state index in [4.69, 9.17) is 20.9 Å². The summed E-state index contributed by atoms with van der Waals surface area (Å²) in [6.45, 7) is 2.28. The van der Waals surface area contributed by atoms with Gasteiger partial charge in [0, 0.05) is 23.0 Å². The van der Waals surface area contributed by atoms with Crippen molar-refractivity contribution in [2.45, 2.75) is 64.9 Å². The minimum atomic E-state index is -0.484. The summed E-state index contributed by atoms with van der Waals surface area (Å²) in [5.74, 6) is 0.650. The highest BCUT2D eigenvalue weighted by atomic mass is 16.5. The minimum Gasteiger partial charge on any atom is -0.458 e. The maximum absolute atomic E-state index is 12.6. The van der Waals surface area contributed by atoms with Crippen LogP contribution in [-0.4, -0.2) is 11.9 Å². The molecule has 0 amide bonds. The quantitative estimate of drug-likeness (QED) is 0.149. The van der Waals surface area contributed by atoms with Crippen molar-refractivity contribution in [1.82, 2.24) is 0 Å². The van der Waals surface area contributed by atoms with E-state index in [1.165, 1.54) is 31.8 Å². The number of unbranched alkanes of at least 4 members (excludes halogenated alkanes) is 2. The molecule has 1 saturated carbocycles. The molecular formula is C28H36N2O4. The van der Waals surface area contributed by atoms with Crippen LogP contribution < -0.4 is 16.2 Å². The molecule has 1 aliphatic rings. The molecule has 1 aliphatic carbocycles. The fourth-order valence-corrected chi connectivity index (χ4v) is 4.33.